The van der Waals surface area contributed by atoms with Gasteiger partial charge in [-0.2, -0.15) is 5.10 Å². The van der Waals surface area contributed by atoms with Gasteiger partial charge in [-0.25, -0.2) is 0 Å². The standard InChI is InChI=1S/C35H38N6O6/c1-21(2)31-35(46)38-22(3)32(43)39-29(34(45)36-19-24-7-4-5-8-25(24)20-41-16-6-15-37-41)17-23-9-11-26(12-10-23)47-27-13-14-30(42)28(18-27)33(44)40-31/h4-16,18,21-22,29,31,42H,17,19-20H2,1-3H3,(H,36,45)(H,38,46)(H,39,43)(H,40,44)/t22-,29+,31-/m0/s1. The normalized spacial score (nSPS) is 18.7. The van der Waals surface area contributed by atoms with Gasteiger partial charge in [-0.1, -0.05) is 50.2 Å². The topological polar surface area (TPSA) is 164 Å². The molecule has 0 radical (unpaired) electrons. The van der Waals surface area contributed by atoms with Gasteiger partial charge in [0.2, 0.25) is 17.7 Å². The van der Waals surface area contributed by atoms with E-state index in [0.717, 1.165) is 16.7 Å². The molecule has 2 aliphatic heterocycles. The van der Waals surface area contributed by atoms with E-state index in [1.165, 1.54) is 25.1 Å². The van der Waals surface area contributed by atoms with Crippen molar-refractivity contribution < 1.29 is 29.0 Å². The number of carbonyl (C=O) groups is 4. The predicted molar refractivity (Wildman–Crippen MR) is 174 cm³/mol. The molecule has 3 heterocycles. The molecule has 0 fully saturated rings. The number of nitrogens with zero attached hydrogens (tertiary/aromatic N) is 2. The summed E-state index contributed by atoms with van der Waals surface area (Å²) < 4.78 is 7.73. The number of nitrogens with one attached hydrogen (secondary N) is 4. The number of ether oxygens (including phenoxy) is 1. The number of carbonyl (C=O) groups excluding carboxylic acids is 4. The van der Waals surface area contributed by atoms with Gasteiger partial charge in [0.15, 0.2) is 0 Å². The van der Waals surface area contributed by atoms with Gasteiger partial charge in [-0.05, 0) is 65.9 Å². The minimum atomic E-state index is -1.03. The molecule has 0 saturated carbocycles. The summed E-state index contributed by atoms with van der Waals surface area (Å²) in [6, 6.07) is 17.8. The summed E-state index contributed by atoms with van der Waals surface area (Å²) in [6.45, 7) is 5.77. The van der Waals surface area contributed by atoms with Gasteiger partial charge >= 0.3 is 0 Å². The molecule has 244 valence electrons. The van der Waals surface area contributed by atoms with Crippen LogP contribution in [0.4, 0.5) is 0 Å². The highest BCUT2D eigenvalue weighted by Crippen LogP contribution is 2.28. The molecule has 3 atom stereocenters. The molecular formula is C35H38N6O6. The molecule has 12 heteroatoms. The minimum Gasteiger partial charge on any atom is -0.507 e. The summed E-state index contributed by atoms with van der Waals surface area (Å²) in [7, 11) is 0. The van der Waals surface area contributed by atoms with Crippen LogP contribution in [0, 0.1) is 5.92 Å². The second-order valence-corrected chi connectivity index (χ2v) is 11.8. The Morgan fingerprint density at radius 1 is 0.957 bits per heavy atom. The van der Waals surface area contributed by atoms with Crippen molar-refractivity contribution in [1.82, 2.24) is 31.0 Å². The molecule has 0 unspecified atom stereocenters. The number of aromatic hydroxyl groups is 1. The van der Waals surface area contributed by atoms with Crippen LogP contribution in [0.25, 0.3) is 0 Å². The van der Waals surface area contributed by atoms with Crippen molar-refractivity contribution in [3.05, 3.63) is 107 Å². The van der Waals surface area contributed by atoms with Crippen LogP contribution in [-0.2, 0) is 33.9 Å². The maximum Gasteiger partial charge on any atom is 0.255 e. The molecule has 5 N–H and O–H groups in total. The lowest BCUT2D eigenvalue weighted by Crippen LogP contribution is -2.57. The maximum absolute atomic E-state index is 13.6. The van der Waals surface area contributed by atoms with Crippen LogP contribution >= 0.6 is 0 Å². The summed E-state index contributed by atoms with van der Waals surface area (Å²) in [6.07, 6.45) is 3.74. The summed E-state index contributed by atoms with van der Waals surface area (Å²) in [5.41, 5.74) is 2.58. The number of aromatic nitrogens is 2. The largest absolute Gasteiger partial charge is 0.507 e. The third kappa shape index (κ3) is 8.34. The molecule has 2 aliphatic rings. The first-order chi connectivity index (χ1) is 22.6. The molecule has 0 spiro atoms. The van der Waals surface area contributed by atoms with Crippen molar-refractivity contribution in [2.75, 3.05) is 0 Å². The molecule has 1 aromatic heterocycles. The monoisotopic (exact) mass is 638 g/mol. The summed E-state index contributed by atoms with van der Waals surface area (Å²) in [5, 5.41) is 25.7. The molecular weight excluding hydrogens is 600 g/mol. The van der Waals surface area contributed by atoms with E-state index >= 15 is 0 Å². The van der Waals surface area contributed by atoms with Crippen LogP contribution < -0.4 is 26.0 Å². The Balaban J connectivity index is 1.40. The molecule has 0 saturated heterocycles. The molecule has 6 rings (SSSR count). The van der Waals surface area contributed by atoms with Gasteiger partial charge < -0.3 is 31.1 Å². The third-order valence-corrected chi connectivity index (χ3v) is 7.90. The highest BCUT2D eigenvalue weighted by molar-refractivity contribution is 6.00. The number of phenolic OH excluding ortho intramolecular Hbond substituents is 1. The molecule has 47 heavy (non-hydrogen) atoms. The second kappa shape index (κ2) is 14.6. The van der Waals surface area contributed by atoms with Crippen LogP contribution in [0.2, 0.25) is 0 Å². The Labute approximate surface area is 272 Å². The van der Waals surface area contributed by atoms with Crippen molar-refractivity contribution in [1.29, 1.82) is 0 Å². The Morgan fingerprint density at radius 2 is 1.68 bits per heavy atom. The summed E-state index contributed by atoms with van der Waals surface area (Å²) in [5.74, 6) is -2.11. The van der Waals surface area contributed by atoms with Crippen molar-refractivity contribution in [2.45, 2.75) is 58.4 Å². The van der Waals surface area contributed by atoms with Gasteiger partial charge in [-0.3, -0.25) is 23.9 Å². The molecule has 4 bridgehead atoms. The van der Waals surface area contributed by atoms with Crippen LogP contribution in [0.5, 0.6) is 17.2 Å². The van der Waals surface area contributed by atoms with Gasteiger partial charge in [0.25, 0.3) is 5.91 Å². The van der Waals surface area contributed by atoms with Crippen LogP contribution in [0.1, 0.15) is 47.8 Å². The first-order valence-corrected chi connectivity index (χ1v) is 15.4. The van der Waals surface area contributed by atoms with Crippen LogP contribution in [0.15, 0.2) is 85.2 Å². The molecule has 0 aliphatic carbocycles. The van der Waals surface area contributed by atoms with Crippen molar-refractivity contribution in [2.24, 2.45) is 5.92 Å². The molecule has 3 aromatic carbocycles. The average molecular weight is 639 g/mol. The zero-order chi connectivity index (χ0) is 33.5. The van der Waals surface area contributed by atoms with E-state index in [2.05, 4.69) is 26.4 Å². The van der Waals surface area contributed by atoms with Gasteiger partial charge in [-0.15, -0.1) is 0 Å². The van der Waals surface area contributed by atoms with E-state index in [0.29, 0.717) is 18.0 Å². The van der Waals surface area contributed by atoms with E-state index in [1.807, 2.05) is 36.5 Å². The number of phenols is 1. The quantitative estimate of drug-likeness (QED) is 0.203. The molecule has 12 nitrogen and oxygen atoms in total. The summed E-state index contributed by atoms with van der Waals surface area (Å²) >= 11 is 0. The van der Waals surface area contributed by atoms with Crippen molar-refractivity contribution >= 4 is 23.6 Å². The fourth-order valence-electron chi connectivity index (χ4n) is 5.21. The third-order valence-electron chi connectivity index (χ3n) is 7.90. The first kappa shape index (κ1) is 32.7. The average Bonchev–Trinajstić information content (AvgIpc) is 3.56. The Morgan fingerprint density at radius 3 is 2.38 bits per heavy atom. The fraction of sp³-hybridized carbons (Fsp3) is 0.286. The number of rotatable bonds is 6. The lowest BCUT2D eigenvalue weighted by molar-refractivity contribution is -0.132. The lowest BCUT2D eigenvalue weighted by Gasteiger charge is -2.25. The van der Waals surface area contributed by atoms with Crippen molar-refractivity contribution in [3.8, 4) is 17.2 Å². The SMILES string of the molecule is CC(C)[C@@H]1NC(=O)c2cc(ccc2O)Oc2ccc(cc2)C[C@H](C(=O)NCc2ccccc2Cn2cccn2)NC(=O)[C@H](C)NC1=O. The summed E-state index contributed by atoms with van der Waals surface area (Å²) in [4.78, 5) is 53.5. The van der Waals surface area contributed by atoms with Crippen LogP contribution in [0.3, 0.4) is 0 Å². The Kier molecular flexibility index (Phi) is 10.2. The predicted octanol–water partition coefficient (Wildman–Crippen LogP) is 3.05. The van der Waals surface area contributed by atoms with Gasteiger partial charge in [0, 0.05) is 25.4 Å². The highest BCUT2D eigenvalue weighted by Gasteiger charge is 2.30. The Hall–Kier alpha value is -5.65. The Bertz CT molecular complexity index is 1740. The molecule has 4 amide bonds. The van der Waals surface area contributed by atoms with E-state index in [1.54, 1.807) is 49.0 Å². The number of hydrogen-bond acceptors (Lipinski definition) is 7. The van der Waals surface area contributed by atoms with Crippen LogP contribution in [-0.4, -0.2) is 56.6 Å². The second-order valence-electron chi connectivity index (χ2n) is 11.8. The smallest absolute Gasteiger partial charge is 0.255 e. The van der Waals surface area contributed by atoms with E-state index < -0.39 is 41.8 Å². The number of fused-ring (bicyclic) bond motifs is 11. The van der Waals surface area contributed by atoms with E-state index in [-0.39, 0.29) is 30.2 Å². The van der Waals surface area contributed by atoms with Gasteiger partial charge in [0.1, 0.15) is 35.4 Å². The molecule has 4 aromatic rings. The fourth-order valence-corrected chi connectivity index (χ4v) is 5.21. The zero-order valence-corrected chi connectivity index (χ0v) is 26.4. The maximum atomic E-state index is 13.6. The highest BCUT2D eigenvalue weighted by atomic mass is 16.5. The minimum absolute atomic E-state index is 0.0673. The number of amides is 4. The number of hydrogen-bond donors (Lipinski definition) is 5. The zero-order valence-electron chi connectivity index (χ0n) is 26.4. The lowest BCUT2D eigenvalue weighted by atomic mass is 10.0. The van der Waals surface area contributed by atoms with Gasteiger partial charge in [0.05, 0.1) is 12.1 Å². The van der Waals surface area contributed by atoms with E-state index in [4.69, 9.17) is 4.74 Å². The van der Waals surface area contributed by atoms with Crippen molar-refractivity contribution in [3.63, 3.8) is 0 Å². The number of benzene rings is 3. The van der Waals surface area contributed by atoms with E-state index in [9.17, 15) is 24.3 Å². The first-order valence-electron chi connectivity index (χ1n) is 15.4.